The van der Waals surface area contributed by atoms with E-state index in [1.165, 1.54) is 4.70 Å². The van der Waals surface area contributed by atoms with Crippen LogP contribution in [0.1, 0.15) is 55.7 Å². The molecule has 2 unspecified atom stereocenters. The van der Waals surface area contributed by atoms with Crippen LogP contribution in [0.3, 0.4) is 0 Å². The Hall–Kier alpha value is -5.12. The third-order valence-electron chi connectivity index (χ3n) is 10.0. The molecule has 4 aromatic rings. The van der Waals surface area contributed by atoms with E-state index in [1.807, 2.05) is 73.8 Å². The SMILES string of the molecule is CCN(CC)c1ccc(C2C(=O)C(=C3C=CC(=[N+](CC)CCOC(=O)CCCN(C)c4ccc(/C=C/c5nc6ccccc6s5)cc4)C=C3)C2O)cc1. The number of Topliss-reactive ketones (excluding diaryl/α,β-unsaturated/α-hetero) is 1. The van der Waals surface area contributed by atoms with E-state index >= 15 is 0 Å². The highest BCUT2D eigenvalue weighted by Crippen LogP contribution is 2.41. The minimum Gasteiger partial charge on any atom is -0.459 e. The quantitative estimate of drug-likeness (QED) is 0.0763. The number of aromatic nitrogens is 1. The number of aliphatic hydroxyl groups is 1. The lowest BCUT2D eigenvalue weighted by molar-refractivity contribution is -0.524. The molecule has 1 saturated carbocycles. The van der Waals surface area contributed by atoms with Crippen LogP contribution in [-0.4, -0.2) is 84.6 Å². The van der Waals surface area contributed by atoms with Gasteiger partial charge in [0.25, 0.3) is 0 Å². The lowest BCUT2D eigenvalue weighted by Crippen LogP contribution is -2.43. The number of likely N-dealkylation sites (N-methyl/N-ethyl adjacent to an activating group) is 1. The Balaban J connectivity index is 0.930. The van der Waals surface area contributed by atoms with Crippen LogP contribution in [0.4, 0.5) is 11.4 Å². The van der Waals surface area contributed by atoms with E-state index in [9.17, 15) is 14.7 Å². The molecule has 2 atom stereocenters. The summed E-state index contributed by atoms with van der Waals surface area (Å²) in [6.07, 6.45) is 12.1. The van der Waals surface area contributed by atoms with Crippen molar-refractivity contribution in [3.8, 4) is 0 Å². The highest BCUT2D eigenvalue weighted by molar-refractivity contribution is 7.19. The van der Waals surface area contributed by atoms with E-state index in [0.29, 0.717) is 31.6 Å². The molecular formula is C44H49N4O4S+. The van der Waals surface area contributed by atoms with Gasteiger partial charge in [0.05, 0.1) is 22.2 Å². The minimum atomic E-state index is -0.835. The van der Waals surface area contributed by atoms with Gasteiger partial charge in [-0.25, -0.2) is 9.56 Å². The number of benzene rings is 3. The summed E-state index contributed by atoms with van der Waals surface area (Å²) in [5, 5.41) is 12.0. The molecule has 3 aromatic carbocycles. The number of allylic oxidation sites excluding steroid dienone is 5. The maximum absolute atomic E-state index is 13.2. The van der Waals surface area contributed by atoms with Crippen LogP contribution in [0.2, 0.25) is 0 Å². The lowest BCUT2D eigenvalue weighted by Gasteiger charge is -2.36. The first-order valence-corrected chi connectivity index (χ1v) is 19.4. The number of carbonyl (C=O) groups is 2. The summed E-state index contributed by atoms with van der Waals surface area (Å²) in [7, 11) is 2.03. The van der Waals surface area contributed by atoms with Gasteiger partial charge < -0.3 is 19.6 Å². The molecule has 0 spiro atoms. The molecule has 8 nitrogen and oxygen atoms in total. The van der Waals surface area contributed by atoms with E-state index in [4.69, 9.17) is 4.74 Å². The molecule has 53 heavy (non-hydrogen) atoms. The lowest BCUT2D eigenvalue weighted by atomic mass is 9.69. The van der Waals surface area contributed by atoms with Gasteiger partial charge in [-0.1, -0.05) is 42.5 Å². The molecule has 0 amide bonds. The number of fused-ring (bicyclic) bond motifs is 1. The first-order valence-electron chi connectivity index (χ1n) is 18.6. The molecule has 0 aliphatic heterocycles. The van der Waals surface area contributed by atoms with E-state index in [1.54, 1.807) is 11.3 Å². The summed E-state index contributed by atoms with van der Waals surface area (Å²) < 4.78 is 8.91. The van der Waals surface area contributed by atoms with E-state index in [2.05, 4.69) is 82.6 Å². The third-order valence-corrected chi connectivity index (χ3v) is 11.0. The predicted molar refractivity (Wildman–Crippen MR) is 218 cm³/mol. The zero-order chi connectivity index (χ0) is 37.3. The van der Waals surface area contributed by atoms with Gasteiger partial charge >= 0.3 is 5.97 Å². The molecule has 2 aliphatic rings. The number of rotatable bonds is 15. The fourth-order valence-electron chi connectivity index (χ4n) is 6.88. The Labute approximate surface area is 316 Å². The van der Waals surface area contributed by atoms with Crippen LogP contribution in [0.25, 0.3) is 22.4 Å². The number of ketones is 1. The number of esters is 1. The second kappa shape index (κ2) is 17.6. The second-order valence-corrected chi connectivity index (χ2v) is 14.3. The number of para-hydroxylation sites is 1. The Morgan fingerprint density at radius 3 is 2.28 bits per heavy atom. The van der Waals surface area contributed by atoms with Gasteiger partial charge in [0.2, 0.25) is 0 Å². The van der Waals surface area contributed by atoms with Crippen molar-refractivity contribution < 1.29 is 24.0 Å². The minimum absolute atomic E-state index is 0.0333. The van der Waals surface area contributed by atoms with Crippen molar-refractivity contribution in [3.05, 3.63) is 124 Å². The standard InChI is InChI=1S/C44H49N4O4S/c1-5-47(6-2)35-23-17-32(18-24-35)41-43(50)42(44(41)51)33-19-25-36(26-20-33)48(7-3)29-30-52-40(49)13-10-28-46(4)34-21-14-31(15-22-34)16-27-39-45-37-11-8-9-12-38(37)53-39/h8-9,11-12,14-27,41,43,50H,5-7,10,13,28-30H2,1-4H3/q+1/b27-16+,42-33?,48-36?. The number of ether oxygens (including phenoxy) is 1. The molecule has 1 heterocycles. The van der Waals surface area contributed by atoms with Gasteiger partial charge in [0, 0.05) is 62.2 Å². The zero-order valence-electron chi connectivity index (χ0n) is 31.1. The van der Waals surface area contributed by atoms with E-state index < -0.39 is 12.0 Å². The van der Waals surface area contributed by atoms with Crippen LogP contribution in [0, 0.1) is 0 Å². The van der Waals surface area contributed by atoms with Gasteiger partial charge in [-0.05, 0) is 98.5 Å². The van der Waals surface area contributed by atoms with Crippen molar-refractivity contribution in [2.24, 2.45) is 0 Å². The topological polar surface area (TPSA) is 86.0 Å². The van der Waals surface area contributed by atoms with Crippen molar-refractivity contribution in [1.29, 1.82) is 0 Å². The van der Waals surface area contributed by atoms with Crippen LogP contribution in [0.15, 0.2) is 108 Å². The molecule has 1 fully saturated rings. The summed E-state index contributed by atoms with van der Waals surface area (Å²) in [6.45, 7) is 10.5. The first-order chi connectivity index (χ1) is 25.8. The third kappa shape index (κ3) is 8.92. The average Bonchev–Trinajstić information content (AvgIpc) is 3.61. The van der Waals surface area contributed by atoms with Crippen molar-refractivity contribution in [2.75, 3.05) is 56.2 Å². The van der Waals surface area contributed by atoms with Crippen molar-refractivity contribution in [1.82, 2.24) is 4.98 Å². The van der Waals surface area contributed by atoms with Crippen molar-refractivity contribution in [3.63, 3.8) is 0 Å². The summed E-state index contributed by atoms with van der Waals surface area (Å²) in [5.41, 5.74) is 7.35. The monoisotopic (exact) mass is 729 g/mol. The molecular weight excluding hydrogens is 681 g/mol. The number of hydrogen-bond donors (Lipinski definition) is 1. The normalized spacial score (nSPS) is 16.8. The van der Waals surface area contributed by atoms with E-state index in [-0.39, 0.29) is 11.8 Å². The summed E-state index contributed by atoms with van der Waals surface area (Å²) >= 11 is 1.68. The smallest absolute Gasteiger partial charge is 0.306 e. The molecule has 6 rings (SSSR count). The first kappa shape index (κ1) is 37.6. The summed E-state index contributed by atoms with van der Waals surface area (Å²) in [5.74, 6) is -0.769. The van der Waals surface area contributed by atoms with Gasteiger partial charge in [-0.2, -0.15) is 0 Å². The highest BCUT2D eigenvalue weighted by Gasteiger charge is 2.46. The fraction of sp³-hybridized carbons (Fsp3) is 0.318. The molecule has 2 aliphatic carbocycles. The van der Waals surface area contributed by atoms with Crippen LogP contribution in [0.5, 0.6) is 0 Å². The molecule has 1 aromatic heterocycles. The Morgan fingerprint density at radius 2 is 1.62 bits per heavy atom. The summed E-state index contributed by atoms with van der Waals surface area (Å²) in [6, 6.07) is 24.5. The molecule has 9 heteroatoms. The fourth-order valence-corrected chi connectivity index (χ4v) is 7.75. The van der Waals surface area contributed by atoms with Gasteiger partial charge in [-0.15, -0.1) is 11.3 Å². The van der Waals surface area contributed by atoms with E-state index in [0.717, 1.165) is 70.5 Å². The molecule has 1 N–H and O–H groups in total. The average molecular weight is 730 g/mol. The molecule has 0 radical (unpaired) electrons. The number of nitrogens with zero attached hydrogens (tertiary/aromatic N) is 4. The zero-order valence-corrected chi connectivity index (χ0v) is 31.9. The van der Waals surface area contributed by atoms with Gasteiger partial charge in [0.1, 0.15) is 18.2 Å². The Kier molecular flexibility index (Phi) is 12.5. The van der Waals surface area contributed by atoms with Crippen molar-refractivity contribution in [2.45, 2.75) is 45.6 Å². The maximum Gasteiger partial charge on any atom is 0.306 e. The molecule has 0 bridgehead atoms. The Morgan fingerprint density at radius 1 is 0.925 bits per heavy atom. The molecule has 274 valence electrons. The Bertz CT molecular complexity index is 2020. The van der Waals surface area contributed by atoms with Crippen molar-refractivity contribution >= 4 is 62.5 Å². The van der Waals surface area contributed by atoms with Crippen LogP contribution in [-0.2, 0) is 14.3 Å². The summed E-state index contributed by atoms with van der Waals surface area (Å²) in [4.78, 5) is 34.8. The predicted octanol–water partition coefficient (Wildman–Crippen LogP) is 7.70. The van der Waals surface area contributed by atoms with Gasteiger partial charge in [-0.3, -0.25) is 9.59 Å². The number of hydrogen-bond acceptors (Lipinski definition) is 8. The number of carbonyl (C=O) groups excluding carboxylic acids is 2. The van der Waals surface area contributed by atoms with Crippen LogP contribution < -0.4 is 9.80 Å². The number of thiazole rings is 1. The van der Waals surface area contributed by atoms with Gasteiger partial charge in [0.15, 0.2) is 18.0 Å². The highest BCUT2D eigenvalue weighted by atomic mass is 32.1. The maximum atomic E-state index is 13.2. The molecule has 0 saturated heterocycles. The van der Waals surface area contributed by atoms with Crippen LogP contribution >= 0.6 is 11.3 Å². The number of anilines is 2. The number of aliphatic hydroxyl groups excluding tert-OH is 1. The largest absolute Gasteiger partial charge is 0.459 e. The second-order valence-electron chi connectivity index (χ2n) is 13.3.